The van der Waals surface area contributed by atoms with Gasteiger partial charge in [-0.05, 0) is 24.8 Å². The summed E-state index contributed by atoms with van der Waals surface area (Å²) < 4.78 is 1.25. The summed E-state index contributed by atoms with van der Waals surface area (Å²) in [5.41, 5.74) is 6.27. The van der Waals surface area contributed by atoms with E-state index in [0.29, 0.717) is 5.41 Å². The molecule has 0 spiro atoms. The molecular weight excluding hydrogens is 237 g/mol. The summed E-state index contributed by atoms with van der Waals surface area (Å²) in [5, 5.41) is 0. The van der Waals surface area contributed by atoms with Crippen LogP contribution in [0, 0.1) is 5.41 Å². The normalized spacial score (nSPS) is 24.6. The Hall–Kier alpha value is 0.690. The molecule has 0 atom stereocenters. The van der Waals surface area contributed by atoms with Crippen molar-refractivity contribution in [3.63, 3.8) is 0 Å². The van der Waals surface area contributed by atoms with Crippen LogP contribution in [0.4, 0.5) is 0 Å². The van der Waals surface area contributed by atoms with Crippen LogP contribution >= 0.6 is 22.6 Å². The molecular formula is C8H16IN. The molecule has 0 amide bonds. The maximum absolute atomic E-state index is 5.74. The number of hydrogen-bond acceptors (Lipinski definition) is 1. The Morgan fingerprint density at radius 1 is 1.20 bits per heavy atom. The first-order valence-electron chi connectivity index (χ1n) is 4.09. The standard InChI is InChI=1S/C8H16IN/c9-6-8(7-10)4-2-1-3-5-8/h1-7,10H2. The summed E-state index contributed by atoms with van der Waals surface area (Å²) >= 11 is 2.48. The van der Waals surface area contributed by atoms with Gasteiger partial charge in [0.1, 0.15) is 0 Å². The fraction of sp³-hybridized carbons (Fsp3) is 1.00. The van der Waals surface area contributed by atoms with E-state index in [9.17, 15) is 0 Å². The summed E-state index contributed by atoms with van der Waals surface area (Å²) in [6.45, 7) is 0.899. The number of nitrogens with two attached hydrogens (primary N) is 1. The molecule has 0 unspecified atom stereocenters. The SMILES string of the molecule is NCC1(CI)CCCCC1. The molecule has 0 bridgehead atoms. The summed E-state index contributed by atoms with van der Waals surface area (Å²) in [4.78, 5) is 0. The first-order chi connectivity index (χ1) is 4.83. The zero-order valence-corrected chi connectivity index (χ0v) is 8.56. The van der Waals surface area contributed by atoms with Gasteiger partial charge in [0.05, 0.1) is 0 Å². The number of rotatable bonds is 2. The highest BCUT2D eigenvalue weighted by atomic mass is 127. The van der Waals surface area contributed by atoms with Crippen molar-refractivity contribution in [2.45, 2.75) is 32.1 Å². The van der Waals surface area contributed by atoms with Crippen LogP contribution in [0.1, 0.15) is 32.1 Å². The van der Waals surface area contributed by atoms with Gasteiger partial charge in [-0.1, -0.05) is 41.9 Å². The number of alkyl halides is 1. The van der Waals surface area contributed by atoms with Crippen molar-refractivity contribution in [2.24, 2.45) is 11.1 Å². The van der Waals surface area contributed by atoms with Crippen LogP contribution < -0.4 is 5.73 Å². The Morgan fingerprint density at radius 2 is 1.80 bits per heavy atom. The highest BCUT2D eigenvalue weighted by molar-refractivity contribution is 14.1. The predicted molar refractivity (Wildman–Crippen MR) is 53.5 cm³/mol. The summed E-state index contributed by atoms with van der Waals surface area (Å²) in [5.74, 6) is 0. The maximum Gasteiger partial charge on any atom is 0.00640 e. The van der Waals surface area contributed by atoms with Gasteiger partial charge in [-0.15, -0.1) is 0 Å². The van der Waals surface area contributed by atoms with E-state index in [4.69, 9.17) is 5.73 Å². The van der Waals surface area contributed by atoms with E-state index in [1.165, 1.54) is 36.5 Å². The van der Waals surface area contributed by atoms with Crippen LogP contribution in [-0.4, -0.2) is 11.0 Å². The van der Waals surface area contributed by atoms with E-state index in [1.54, 1.807) is 0 Å². The lowest BCUT2D eigenvalue weighted by Gasteiger charge is -2.34. The van der Waals surface area contributed by atoms with Crippen LogP contribution in [0.3, 0.4) is 0 Å². The van der Waals surface area contributed by atoms with E-state index >= 15 is 0 Å². The van der Waals surface area contributed by atoms with Crippen molar-refractivity contribution in [2.75, 3.05) is 11.0 Å². The van der Waals surface area contributed by atoms with E-state index in [-0.39, 0.29) is 0 Å². The molecule has 60 valence electrons. The molecule has 0 saturated heterocycles. The molecule has 1 rings (SSSR count). The molecule has 1 aliphatic rings. The fourth-order valence-electron chi connectivity index (χ4n) is 1.69. The first-order valence-corrected chi connectivity index (χ1v) is 5.62. The molecule has 0 radical (unpaired) electrons. The van der Waals surface area contributed by atoms with Gasteiger partial charge in [-0.3, -0.25) is 0 Å². The Labute approximate surface area is 76.9 Å². The third-order valence-electron chi connectivity index (χ3n) is 2.63. The topological polar surface area (TPSA) is 26.0 Å². The lowest BCUT2D eigenvalue weighted by Crippen LogP contribution is -2.34. The summed E-state index contributed by atoms with van der Waals surface area (Å²) in [6, 6.07) is 0. The van der Waals surface area contributed by atoms with Crippen molar-refractivity contribution < 1.29 is 0 Å². The molecule has 2 N–H and O–H groups in total. The lowest BCUT2D eigenvalue weighted by molar-refractivity contribution is 0.237. The molecule has 0 aromatic heterocycles. The Balaban J connectivity index is 2.44. The molecule has 0 aliphatic heterocycles. The zero-order chi connectivity index (χ0) is 7.45. The van der Waals surface area contributed by atoms with Gasteiger partial charge in [-0.25, -0.2) is 0 Å². The van der Waals surface area contributed by atoms with Gasteiger partial charge in [0, 0.05) is 4.43 Å². The predicted octanol–water partition coefficient (Wildman–Crippen LogP) is 2.33. The van der Waals surface area contributed by atoms with Crippen LogP contribution in [-0.2, 0) is 0 Å². The molecule has 1 aliphatic carbocycles. The average molecular weight is 253 g/mol. The second-order valence-electron chi connectivity index (χ2n) is 3.40. The second-order valence-corrected chi connectivity index (χ2v) is 4.16. The van der Waals surface area contributed by atoms with E-state index in [0.717, 1.165) is 6.54 Å². The average Bonchev–Trinajstić information content (AvgIpc) is 2.06. The van der Waals surface area contributed by atoms with Crippen LogP contribution in [0.25, 0.3) is 0 Å². The molecule has 1 nitrogen and oxygen atoms in total. The molecule has 0 heterocycles. The van der Waals surface area contributed by atoms with Gasteiger partial charge in [0.25, 0.3) is 0 Å². The monoisotopic (exact) mass is 253 g/mol. The minimum Gasteiger partial charge on any atom is -0.330 e. The maximum atomic E-state index is 5.74. The Bertz CT molecular complexity index is 91.4. The van der Waals surface area contributed by atoms with Gasteiger partial charge >= 0.3 is 0 Å². The smallest absolute Gasteiger partial charge is 0.00640 e. The van der Waals surface area contributed by atoms with E-state index in [1.807, 2.05) is 0 Å². The third-order valence-corrected chi connectivity index (χ3v) is 4.25. The molecule has 1 saturated carbocycles. The molecule has 2 heteroatoms. The molecule has 1 fully saturated rings. The van der Waals surface area contributed by atoms with Gasteiger partial charge in [0.2, 0.25) is 0 Å². The quantitative estimate of drug-likeness (QED) is 0.593. The van der Waals surface area contributed by atoms with Crippen LogP contribution in [0.5, 0.6) is 0 Å². The minimum absolute atomic E-state index is 0.527. The summed E-state index contributed by atoms with van der Waals surface area (Å²) in [7, 11) is 0. The molecule has 10 heavy (non-hydrogen) atoms. The van der Waals surface area contributed by atoms with Crippen LogP contribution in [0.2, 0.25) is 0 Å². The number of hydrogen-bond donors (Lipinski definition) is 1. The van der Waals surface area contributed by atoms with Crippen molar-refractivity contribution in [3.8, 4) is 0 Å². The molecule has 0 aromatic carbocycles. The van der Waals surface area contributed by atoms with Gasteiger partial charge in [0.15, 0.2) is 0 Å². The van der Waals surface area contributed by atoms with Crippen molar-refractivity contribution >= 4 is 22.6 Å². The van der Waals surface area contributed by atoms with Crippen LogP contribution in [0.15, 0.2) is 0 Å². The van der Waals surface area contributed by atoms with E-state index < -0.39 is 0 Å². The van der Waals surface area contributed by atoms with Gasteiger partial charge in [-0.2, -0.15) is 0 Å². The molecule has 0 aromatic rings. The number of halogens is 1. The van der Waals surface area contributed by atoms with E-state index in [2.05, 4.69) is 22.6 Å². The van der Waals surface area contributed by atoms with Crippen molar-refractivity contribution in [3.05, 3.63) is 0 Å². The fourth-order valence-corrected chi connectivity index (χ4v) is 2.77. The second kappa shape index (κ2) is 3.90. The minimum atomic E-state index is 0.527. The van der Waals surface area contributed by atoms with Crippen molar-refractivity contribution in [1.82, 2.24) is 0 Å². The lowest BCUT2D eigenvalue weighted by atomic mass is 9.76. The summed E-state index contributed by atoms with van der Waals surface area (Å²) in [6.07, 6.45) is 6.97. The zero-order valence-electron chi connectivity index (χ0n) is 6.41. The highest BCUT2D eigenvalue weighted by Crippen LogP contribution is 2.36. The third kappa shape index (κ3) is 1.84. The largest absolute Gasteiger partial charge is 0.330 e. The van der Waals surface area contributed by atoms with Gasteiger partial charge < -0.3 is 5.73 Å². The Kier molecular flexibility index (Phi) is 3.43. The van der Waals surface area contributed by atoms with Crippen molar-refractivity contribution in [1.29, 1.82) is 0 Å². The highest BCUT2D eigenvalue weighted by Gasteiger charge is 2.28. The first kappa shape index (κ1) is 8.78. The Morgan fingerprint density at radius 3 is 2.10 bits per heavy atom.